The van der Waals surface area contributed by atoms with Crippen LogP contribution in [0.2, 0.25) is 10.0 Å². The number of nitrogens with one attached hydrogen (secondary N) is 4. The fraction of sp³-hybridized carbons (Fsp3) is 0.250. The highest BCUT2D eigenvalue weighted by Gasteiger charge is 2.21. The van der Waals surface area contributed by atoms with Crippen molar-refractivity contribution in [2.75, 3.05) is 29.0 Å². The van der Waals surface area contributed by atoms with Gasteiger partial charge in [0, 0.05) is 28.9 Å². The molecule has 9 nitrogen and oxygen atoms in total. The Morgan fingerprint density at radius 2 is 1.85 bits per heavy atom. The van der Waals surface area contributed by atoms with Crippen molar-refractivity contribution in [1.82, 2.24) is 14.7 Å². The predicted octanol–water partition coefficient (Wildman–Crippen LogP) is 7.22. The number of para-hydroxylation sites is 1. The molecule has 2 heterocycles. The summed E-state index contributed by atoms with van der Waals surface area (Å²) in [5.74, 6) is 1.76. The lowest BCUT2D eigenvalue weighted by Gasteiger charge is -2.18. The van der Waals surface area contributed by atoms with Crippen LogP contribution in [0.4, 0.5) is 23.0 Å². The van der Waals surface area contributed by atoms with E-state index in [2.05, 4.69) is 30.6 Å². The van der Waals surface area contributed by atoms with Crippen LogP contribution in [0.1, 0.15) is 34.8 Å². The first kappa shape index (κ1) is 28.1. The van der Waals surface area contributed by atoms with Crippen LogP contribution in [-0.4, -0.2) is 39.4 Å². The van der Waals surface area contributed by atoms with Crippen LogP contribution in [0.3, 0.4) is 0 Å². The molecule has 1 aliphatic rings. The quantitative estimate of drug-likeness (QED) is 0.0795. The van der Waals surface area contributed by atoms with Crippen LogP contribution < -0.4 is 20.7 Å². The van der Waals surface area contributed by atoms with Gasteiger partial charge in [-0.15, -0.1) is 0 Å². The van der Waals surface area contributed by atoms with Gasteiger partial charge in [0.2, 0.25) is 0 Å². The molecule has 1 fully saturated rings. The predicted molar refractivity (Wildman–Crippen MR) is 162 cm³/mol. The lowest BCUT2D eigenvalue weighted by Crippen LogP contribution is -2.19. The number of aromatic carboxylic acids is 1. The Morgan fingerprint density at radius 1 is 1.05 bits per heavy atom. The fourth-order valence-corrected chi connectivity index (χ4v) is 5.15. The number of nitrogens with zero attached hydrogens (tertiary/aromatic N) is 2. The molecule has 0 amide bonds. The standard InChI is InChI=1S/C28H28Cl2N6O3S/c1-16-34-26(31-12-13-33-40-19-8-9-19)25(27(35-16)36-23-5-3-2-4-20(23)28(37)38)32-15-18-7-11-24(39-18)21-14-17(29)6-10-22(21)30/h2-7,10-11,14,19,32-33H,8-9,12-13,15H2,1H3,(H,37,38)(H2,31,34,35,36). The minimum atomic E-state index is -1.04. The number of carboxylic acid groups (broad SMARTS) is 1. The Morgan fingerprint density at radius 3 is 2.65 bits per heavy atom. The third-order valence-corrected chi connectivity index (χ3v) is 7.76. The monoisotopic (exact) mass is 598 g/mol. The van der Waals surface area contributed by atoms with Crippen LogP contribution >= 0.6 is 35.1 Å². The molecule has 2 aromatic carbocycles. The number of benzene rings is 2. The first-order chi connectivity index (χ1) is 19.4. The van der Waals surface area contributed by atoms with Gasteiger partial charge in [-0.3, -0.25) is 4.72 Å². The third-order valence-electron chi connectivity index (χ3n) is 6.02. The van der Waals surface area contributed by atoms with Gasteiger partial charge in [-0.25, -0.2) is 14.8 Å². The zero-order valence-corrected chi connectivity index (χ0v) is 24.0. The molecule has 0 spiro atoms. The molecule has 4 aromatic rings. The maximum absolute atomic E-state index is 11.8. The molecule has 0 radical (unpaired) electrons. The SMILES string of the molecule is Cc1nc(NCCNSC2CC2)c(NCc2ccc(-c3cc(Cl)ccc3Cl)o2)c(Nc2ccccc2C(=O)O)n1. The summed E-state index contributed by atoms with van der Waals surface area (Å²) in [7, 11) is 0. The van der Waals surface area contributed by atoms with Crippen molar-refractivity contribution in [1.29, 1.82) is 0 Å². The lowest BCUT2D eigenvalue weighted by atomic mass is 10.2. The van der Waals surface area contributed by atoms with E-state index in [9.17, 15) is 9.90 Å². The summed E-state index contributed by atoms with van der Waals surface area (Å²) in [6, 6.07) is 15.6. The van der Waals surface area contributed by atoms with Gasteiger partial charge in [-0.1, -0.05) is 47.3 Å². The van der Waals surface area contributed by atoms with Gasteiger partial charge >= 0.3 is 5.97 Å². The molecule has 0 aliphatic heterocycles. The minimum absolute atomic E-state index is 0.134. The molecule has 1 aliphatic carbocycles. The van der Waals surface area contributed by atoms with Crippen molar-refractivity contribution in [2.45, 2.75) is 31.6 Å². The number of furan rings is 1. The molecule has 0 unspecified atom stereocenters. The second kappa shape index (κ2) is 12.8. The van der Waals surface area contributed by atoms with Gasteiger partial charge < -0.3 is 25.5 Å². The molecule has 40 heavy (non-hydrogen) atoms. The number of aryl methyl sites for hydroxylation is 1. The lowest BCUT2D eigenvalue weighted by molar-refractivity contribution is 0.0698. The molecule has 12 heteroatoms. The van der Waals surface area contributed by atoms with E-state index in [1.807, 2.05) is 12.1 Å². The van der Waals surface area contributed by atoms with Gasteiger partial charge in [-0.05, 0) is 62.2 Å². The van der Waals surface area contributed by atoms with E-state index in [0.717, 1.165) is 6.54 Å². The van der Waals surface area contributed by atoms with Gasteiger partial charge in [0.15, 0.2) is 11.6 Å². The number of carbonyl (C=O) groups is 1. The van der Waals surface area contributed by atoms with Crippen LogP contribution in [0.5, 0.6) is 0 Å². The summed E-state index contributed by atoms with van der Waals surface area (Å²) < 4.78 is 9.45. The molecule has 0 bridgehead atoms. The van der Waals surface area contributed by atoms with E-state index in [1.54, 1.807) is 61.3 Å². The average Bonchev–Trinajstić information content (AvgIpc) is 3.64. The van der Waals surface area contributed by atoms with E-state index in [-0.39, 0.29) is 5.56 Å². The minimum Gasteiger partial charge on any atom is -0.478 e. The van der Waals surface area contributed by atoms with Gasteiger partial charge in [-0.2, -0.15) is 0 Å². The topological polar surface area (TPSA) is 124 Å². The average molecular weight is 600 g/mol. The highest BCUT2D eigenvalue weighted by atomic mass is 35.5. The van der Waals surface area contributed by atoms with Crippen LogP contribution in [0.15, 0.2) is 59.0 Å². The van der Waals surface area contributed by atoms with E-state index in [1.165, 1.54) is 12.8 Å². The van der Waals surface area contributed by atoms with Crippen LogP contribution in [0, 0.1) is 6.92 Å². The highest BCUT2D eigenvalue weighted by Crippen LogP contribution is 2.35. The largest absolute Gasteiger partial charge is 0.478 e. The summed E-state index contributed by atoms with van der Waals surface area (Å²) in [5, 5.41) is 21.4. The molecule has 1 saturated carbocycles. The first-order valence-electron chi connectivity index (χ1n) is 12.8. The normalized spacial score (nSPS) is 12.8. The van der Waals surface area contributed by atoms with E-state index in [0.29, 0.717) is 74.3 Å². The first-order valence-corrected chi connectivity index (χ1v) is 14.4. The summed E-state index contributed by atoms with van der Waals surface area (Å²) in [6.45, 7) is 3.48. The van der Waals surface area contributed by atoms with Crippen molar-refractivity contribution < 1.29 is 14.3 Å². The summed E-state index contributed by atoms with van der Waals surface area (Å²) in [6.07, 6.45) is 2.52. The Hall–Kier alpha value is -3.44. The molecule has 5 rings (SSSR count). The van der Waals surface area contributed by atoms with Gasteiger partial charge in [0.25, 0.3) is 0 Å². The Balaban J connectivity index is 1.39. The molecule has 2 aromatic heterocycles. The third kappa shape index (κ3) is 7.19. The van der Waals surface area contributed by atoms with Crippen molar-refractivity contribution in [3.63, 3.8) is 0 Å². The van der Waals surface area contributed by atoms with E-state index >= 15 is 0 Å². The zero-order valence-electron chi connectivity index (χ0n) is 21.6. The molecule has 5 N–H and O–H groups in total. The van der Waals surface area contributed by atoms with Crippen molar-refractivity contribution >= 4 is 64.1 Å². The number of hydrogen-bond donors (Lipinski definition) is 5. The van der Waals surface area contributed by atoms with E-state index in [4.69, 9.17) is 27.6 Å². The number of rotatable bonds is 13. The second-order valence-corrected chi connectivity index (χ2v) is 11.2. The van der Waals surface area contributed by atoms with Crippen LogP contribution in [-0.2, 0) is 6.54 Å². The number of carboxylic acids is 1. The smallest absolute Gasteiger partial charge is 0.337 e. The van der Waals surface area contributed by atoms with Crippen molar-refractivity contribution in [3.05, 3.63) is 81.8 Å². The summed E-state index contributed by atoms with van der Waals surface area (Å²) in [4.78, 5) is 21.0. The Bertz CT molecular complexity index is 1510. The molecule has 208 valence electrons. The number of anilines is 4. The number of halogens is 2. The number of aromatic nitrogens is 2. The number of hydrogen-bond acceptors (Lipinski definition) is 9. The summed E-state index contributed by atoms with van der Waals surface area (Å²) in [5.41, 5.74) is 1.83. The van der Waals surface area contributed by atoms with Gasteiger partial charge in [0.05, 0.1) is 22.8 Å². The maximum Gasteiger partial charge on any atom is 0.337 e. The summed E-state index contributed by atoms with van der Waals surface area (Å²) >= 11 is 14.3. The molecule has 0 atom stereocenters. The van der Waals surface area contributed by atoms with Gasteiger partial charge in [0.1, 0.15) is 23.0 Å². The molecular formula is C28H28Cl2N6O3S. The van der Waals surface area contributed by atoms with Crippen LogP contribution in [0.25, 0.3) is 11.3 Å². The Kier molecular flexibility index (Phi) is 9.01. The maximum atomic E-state index is 11.8. The zero-order chi connectivity index (χ0) is 28.1. The fourth-order valence-electron chi connectivity index (χ4n) is 3.94. The highest BCUT2D eigenvalue weighted by molar-refractivity contribution is 7.98. The Labute approximate surface area is 246 Å². The van der Waals surface area contributed by atoms with Crippen molar-refractivity contribution in [2.24, 2.45) is 0 Å². The van der Waals surface area contributed by atoms with Crippen molar-refractivity contribution in [3.8, 4) is 11.3 Å². The second-order valence-electron chi connectivity index (χ2n) is 9.20. The van der Waals surface area contributed by atoms with E-state index < -0.39 is 5.97 Å². The molecule has 0 saturated heterocycles. The molecular weight excluding hydrogens is 571 g/mol.